The highest BCUT2D eigenvalue weighted by atomic mass is 35.5. The monoisotopic (exact) mass is 236 g/mol. The van der Waals surface area contributed by atoms with E-state index in [2.05, 4.69) is 9.71 Å². The van der Waals surface area contributed by atoms with E-state index in [-0.39, 0.29) is 0 Å². The Morgan fingerprint density at radius 1 is 1.67 bits per heavy atom. The number of thiophene rings is 1. The largest absolute Gasteiger partial charge is 0.304 e. The van der Waals surface area contributed by atoms with Gasteiger partial charge in [-0.05, 0) is 24.3 Å². The van der Waals surface area contributed by atoms with Gasteiger partial charge >= 0.3 is 0 Å². The number of hydrogen-bond acceptors (Lipinski definition) is 5. The molecule has 1 aliphatic heterocycles. The number of amidine groups is 1. The number of aliphatic imine (C=N–C) groups is 1. The van der Waals surface area contributed by atoms with Gasteiger partial charge in [0.15, 0.2) is 5.17 Å². The van der Waals surface area contributed by atoms with Crippen LogP contribution in [0, 0.1) is 0 Å². The quantitative estimate of drug-likeness (QED) is 0.699. The Morgan fingerprint density at radius 3 is 3.25 bits per heavy atom. The maximum Gasteiger partial charge on any atom is 0.171 e. The molecule has 1 aromatic rings. The van der Waals surface area contributed by atoms with E-state index in [1.54, 1.807) is 35.0 Å². The third-order valence-electron chi connectivity index (χ3n) is 1.30. The van der Waals surface area contributed by atoms with Crippen molar-refractivity contribution in [3.8, 4) is 0 Å². The Morgan fingerprint density at radius 2 is 2.50 bits per heavy atom. The summed E-state index contributed by atoms with van der Waals surface area (Å²) in [4.78, 5) is 4.36. The zero-order valence-corrected chi connectivity index (χ0v) is 9.33. The van der Waals surface area contributed by atoms with Crippen LogP contribution in [0.1, 0.15) is 0 Å². The fourth-order valence-electron chi connectivity index (χ4n) is 0.797. The van der Waals surface area contributed by atoms with Crippen LogP contribution in [-0.2, 0) is 0 Å². The molecule has 1 N–H and O–H groups in total. The van der Waals surface area contributed by atoms with Crippen molar-refractivity contribution in [3.05, 3.63) is 10.4 Å². The smallest absolute Gasteiger partial charge is 0.171 e. The molecule has 6 heteroatoms. The molecular formula is C6H5ClN2S3. The van der Waals surface area contributed by atoms with Gasteiger partial charge in [-0.25, -0.2) is 4.99 Å². The Kier molecular flexibility index (Phi) is 2.55. The standard InChI is InChI=1S/C6H5ClN2S3/c1-10-6-8-3-2-4(7)11-5(3)12-9-6/h2H,1H3,(H,8,9). The summed E-state index contributed by atoms with van der Waals surface area (Å²) in [5.41, 5.74) is 0.984. The highest BCUT2D eigenvalue weighted by molar-refractivity contribution is 8.15. The summed E-state index contributed by atoms with van der Waals surface area (Å²) in [5.74, 6) is 0. The number of thioether (sulfide) groups is 1. The zero-order chi connectivity index (χ0) is 8.55. The highest BCUT2D eigenvalue weighted by Crippen LogP contribution is 2.41. The van der Waals surface area contributed by atoms with Crippen LogP contribution in [-0.4, -0.2) is 11.4 Å². The van der Waals surface area contributed by atoms with E-state index in [1.165, 1.54) is 0 Å². The average Bonchev–Trinajstić information content (AvgIpc) is 2.43. The SMILES string of the molecule is CSC1=Nc2cc(Cl)sc2SN1. The number of nitrogens with one attached hydrogen (secondary N) is 1. The lowest BCUT2D eigenvalue weighted by Gasteiger charge is -2.10. The molecule has 0 fully saturated rings. The fraction of sp³-hybridized carbons (Fsp3) is 0.167. The molecule has 2 rings (SSSR count). The van der Waals surface area contributed by atoms with Crippen LogP contribution in [0.3, 0.4) is 0 Å². The molecule has 0 spiro atoms. The van der Waals surface area contributed by atoms with Crippen LogP contribution in [0.2, 0.25) is 4.34 Å². The lowest BCUT2D eigenvalue weighted by atomic mass is 10.5. The molecule has 0 aromatic carbocycles. The summed E-state index contributed by atoms with van der Waals surface area (Å²) >= 11 is 10.6. The molecule has 0 radical (unpaired) electrons. The van der Waals surface area contributed by atoms with E-state index < -0.39 is 0 Å². The molecule has 0 atom stereocenters. The van der Waals surface area contributed by atoms with E-state index in [9.17, 15) is 0 Å². The van der Waals surface area contributed by atoms with E-state index >= 15 is 0 Å². The Balaban J connectivity index is 2.40. The normalized spacial score (nSPS) is 15.0. The van der Waals surface area contributed by atoms with Crippen molar-refractivity contribution < 1.29 is 0 Å². The summed E-state index contributed by atoms with van der Waals surface area (Å²) in [5, 5.41) is 0.932. The van der Waals surface area contributed by atoms with Crippen molar-refractivity contribution in [1.29, 1.82) is 0 Å². The van der Waals surface area contributed by atoms with Gasteiger partial charge in [-0.15, -0.1) is 11.3 Å². The van der Waals surface area contributed by atoms with Crippen LogP contribution >= 0.6 is 46.6 Å². The first-order chi connectivity index (χ1) is 5.79. The second-order valence-corrected chi connectivity index (χ2v) is 5.60. The maximum absolute atomic E-state index is 5.84. The molecule has 2 heterocycles. The van der Waals surface area contributed by atoms with Crippen molar-refractivity contribution in [2.24, 2.45) is 4.99 Å². The second kappa shape index (κ2) is 3.49. The summed E-state index contributed by atoms with van der Waals surface area (Å²) in [7, 11) is 0. The number of fused-ring (bicyclic) bond motifs is 1. The molecule has 0 aliphatic carbocycles. The molecule has 64 valence electrons. The van der Waals surface area contributed by atoms with Gasteiger partial charge in [0.1, 0.15) is 4.21 Å². The zero-order valence-electron chi connectivity index (χ0n) is 6.13. The Hall–Kier alpha value is 0.160. The van der Waals surface area contributed by atoms with Gasteiger partial charge < -0.3 is 4.72 Å². The summed E-state index contributed by atoms with van der Waals surface area (Å²) < 4.78 is 5.05. The molecule has 12 heavy (non-hydrogen) atoms. The van der Waals surface area contributed by atoms with E-state index in [0.717, 1.165) is 19.4 Å². The molecule has 2 nitrogen and oxygen atoms in total. The van der Waals surface area contributed by atoms with E-state index in [1.807, 2.05) is 12.3 Å². The van der Waals surface area contributed by atoms with Crippen molar-refractivity contribution in [1.82, 2.24) is 4.72 Å². The first-order valence-electron chi connectivity index (χ1n) is 3.14. The van der Waals surface area contributed by atoms with Gasteiger partial charge in [0.2, 0.25) is 0 Å². The topological polar surface area (TPSA) is 24.4 Å². The van der Waals surface area contributed by atoms with Gasteiger partial charge in [-0.1, -0.05) is 23.4 Å². The second-order valence-electron chi connectivity index (χ2n) is 2.05. The lowest BCUT2D eigenvalue weighted by Crippen LogP contribution is -2.12. The Bertz CT molecular complexity index is 334. The molecule has 1 aliphatic rings. The third-order valence-corrected chi connectivity index (χ3v) is 4.24. The van der Waals surface area contributed by atoms with Crippen LogP contribution < -0.4 is 4.72 Å². The molecule has 1 aromatic heterocycles. The van der Waals surface area contributed by atoms with E-state index in [0.29, 0.717) is 0 Å². The highest BCUT2D eigenvalue weighted by Gasteiger charge is 2.14. The molecule has 0 saturated carbocycles. The van der Waals surface area contributed by atoms with Gasteiger partial charge in [-0.3, -0.25) is 0 Å². The van der Waals surface area contributed by atoms with Crippen LogP contribution in [0.25, 0.3) is 0 Å². The molecule has 0 bridgehead atoms. The summed E-state index contributed by atoms with van der Waals surface area (Å²) in [6.07, 6.45) is 1.99. The molecule has 0 unspecified atom stereocenters. The fourth-order valence-corrected chi connectivity index (χ4v) is 3.47. The van der Waals surface area contributed by atoms with Crippen molar-refractivity contribution in [2.45, 2.75) is 4.21 Å². The van der Waals surface area contributed by atoms with Crippen molar-refractivity contribution in [3.63, 3.8) is 0 Å². The predicted molar refractivity (Wildman–Crippen MR) is 58.9 cm³/mol. The molecular weight excluding hydrogens is 232 g/mol. The molecule has 0 amide bonds. The van der Waals surface area contributed by atoms with Gasteiger partial charge in [0, 0.05) is 0 Å². The number of halogens is 1. The predicted octanol–water partition coefficient (Wildman–Crippen LogP) is 3.36. The minimum atomic E-state index is 0.792. The van der Waals surface area contributed by atoms with E-state index in [4.69, 9.17) is 11.6 Å². The Labute approximate surface area is 87.9 Å². The van der Waals surface area contributed by atoms with Gasteiger partial charge in [0.25, 0.3) is 0 Å². The summed E-state index contributed by atoms with van der Waals surface area (Å²) in [6, 6.07) is 1.89. The van der Waals surface area contributed by atoms with Crippen molar-refractivity contribution >= 4 is 57.5 Å². The third kappa shape index (κ3) is 1.59. The number of hydrogen-bond donors (Lipinski definition) is 1. The average molecular weight is 237 g/mol. The number of rotatable bonds is 0. The lowest BCUT2D eigenvalue weighted by molar-refractivity contribution is 1.39. The first-order valence-corrected chi connectivity index (χ1v) is 6.38. The van der Waals surface area contributed by atoms with Crippen LogP contribution in [0.4, 0.5) is 5.69 Å². The number of nitrogens with zero attached hydrogens (tertiary/aromatic N) is 1. The minimum absolute atomic E-state index is 0.792. The minimum Gasteiger partial charge on any atom is -0.304 e. The van der Waals surface area contributed by atoms with Gasteiger partial charge in [0.05, 0.1) is 10.0 Å². The first kappa shape index (κ1) is 8.74. The van der Waals surface area contributed by atoms with Crippen molar-refractivity contribution in [2.75, 3.05) is 6.26 Å². The molecule has 0 saturated heterocycles. The maximum atomic E-state index is 5.84. The summed E-state index contributed by atoms with van der Waals surface area (Å²) in [6.45, 7) is 0. The van der Waals surface area contributed by atoms with Gasteiger partial charge in [-0.2, -0.15) is 0 Å². The van der Waals surface area contributed by atoms with Crippen LogP contribution in [0.5, 0.6) is 0 Å². The van der Waals surface area contributed by atoms with Crippen LogP contribution in [0.15, 0.2) is 15.3 Å².